The van der Waals surface area contributed by atoms with Gasteiger partial charge in [-0.15, -0.1) is 0 Å². The van der Waals surface area contributed by atoms with E-state index < -0.39 is 0 Å². The average molecular weight is 285 g/mol. The minimum atomic E-state index is 0.703. The second-order valence-electron chi connectivity index (χ2n) is 5.33. The van der Waals surface area contributed by atoms with Gasteiger partial charge in [0.1, 0.15) is 0 Å². The van der Waals surface area contributed by atoms with Gasteiger partial charge in [0.25, 0.3) is 0 Å². The summed E-state index contributed by atoms with van der Waals surface area (Å²) >= 11 is 6.45. The third-order valence-corrected chi connectivity index (χ3v) is 4.54. The van der Waals surface area contributed by atoms with Crippen molar-refractivity contribution in [3.8, 4) is 0 Å². The number of halogens is 1. The molecule has 0 bridgehead atoms. The van der Waals surface area contributed by atoms with Crippen LogP contribution in [0.2, 0.25) is 5.02 Å². The molecule has 0 spiro atoms. The summed E-state index contributed by atoms with van der Waals surface area (Å²) < 4.78 is 2.05. The van der Waals surface area contributed by atoms with Gasteiger partial charge in [0.15, 0.2) is 0 Å². The van der Waals surface area contributed by atoms with Crippen molar-refractivity contribution in [2.24, 2.45) is 11.7 Å². The zero-order valence-corrected chi connectivity index (χ0v) is 12.8. The molecule has 5 heteroatoms. The van der Waals surface area contributed by atoms with Gasteiger partial charge in [-0.05, 0) is 51.7 Å². The maximum atomic E-state index is 6.45. The van der Waals surface area contributed by atoms with Crippen LogP contribution in [0.1, 0.15) is 38.1 Å². The van der Waals surface area contributed by atoms with Gasteiger partial charge in [-0.2, -0.15) is 5.10 Å². The van der Waals surface area contributed by atoms with Crippen LogP contribution in [0.25, 0.3) is 0 Å². The lowest BCUT2D eigenvalue weighted by molar-refractivity contribution is 0.176. The lowest BCUT2D eigenvalue weighted by atomic mass is 9.97. The molecule has 0 radical (unpaired) electrons. The van der Waals surface area contributed by atoms with Crippen LogP contribution in [-0.2, 0) is 19.5 Å². The van der Waals surface area contributed by atoms with Crippen molar-refractivity contribution in [1.29, 1.82) is 0 Å². The minimum absolute atomic E-state index is 0.703. The van der Waals surface area contributed by atoms with Crippen LogP contribution in [0.3, 0.4) is 0 Å². The largest absolute Gasteiger partial charge is 0.330 e. The Kier molecular flexibility index (Phi) is 5.25. The van der Waals surface area contributed by atoms with Crippen LogP contribution < -0.4 is 5.73 Å². The molecule has 2 rings (SSSR count). The topological polar surface area (TPSA) is 47.1 Å². The number of nitrogens with two attached hydrogens (primary N) is 1. The van der Waals surface area contributed by atoms with Gasteiger partial charge in [-0.1, -0.05) is 18.5 Å². The number of rotatable bonds is 5. The summed E-state index contributed by atoms with van der Waals surface area (Å²) in [5.41, 5.74) is 7.94. The van der Waals surface area contributed by atoms with E-state index in [0.717, 1.165) is 49.9 Å². The van der Waals surface area contributed by atoms with Crippen molar-refractivity contribution in [3.63, 3.8) is 0 Å². The third-order valence-electron chi connectivity index (χ3n) is 4.11. The minimum Gasteiger partial charge on any atom is -0.330 e. The highest BCUT2D eigenvalue weighted by atomic mass is 35.5. The zero-order valence-electron chi connectivity index (χ0n) is 12.0. The Morgan fingerprint density at radius 3 is 2.53 bits per heavy atom. The predicted molar refractivity (Wildman–Crippen MR) is 79.3 cm³/mol. The molecule has 0 atom stereocenters. The first-order valence-electron chi connectivity index (χ1n) is 7.36. The van der Waals surface area contributed by atoms with E-state index >= 15 is 0 Å². The van der Waals surface area contributed by atoms with Gasteiger partial charge < -0.3 is 5.73 Å². The molecule has 1 aromatic heterocycles. The van der Waals surface area contributed by atoms with Crippen molar-refractivity contribution in [3.05, 3.63) is 16.4 Å². The molecule has 19 heavy (non-hydrogen) atoms. The number of piperidine rings is 1. The second kappa shape index (κ2) is 6.73. The molecule has 1 aliphatic rings. The maximum Gasteiger partial charge on any atom is 0.0863 e. The van der Waals surface area contributed by atoms with Gasteiger partial charge in [-0.25, -0.2) is 0 Å². The van der Waals surface area contributed by atoms with Crippen molar-refractivity contribution in [2.75, 3.05) is 19.6 Å². The molecule has 0 saturated carbocycles. The Bertz CT molecular complexity index is 408. The molecule has 0 amide bonds. The molecule has 1 aromatic rings. The summed E-state index contributed by atoms with van der Waals surface area (Å²) in [6.07, 6.45) is 3.30. The Hall–Kier alpha value is -0.580. The first kappa shape index (κ1) is 14.8. The van der Waals surface area contributed by atoms with Crippen LogP contribution in [0, 0.1) is 5.92 Å². The Labute approximate surface area is 120 Å². The number of hydrogen-bond donors (Lipinski definition) is 1. The molecule has 0 aromatic carbocycles. The number of hydrogen-bond acceptors (Lipinski definition) is 3. The number of aromatic nitrogens is 2. The van der Waals surface area contributed by atoms with Crippen molar-refractivity contribution >= 4 is 11.6 Å². The van der Waals surface area contributed by atoms with Crippen molar-refractivity contribution in [1.82, 2.24) is 14.7 Å². The van der Waals surface area contributed by atoms with Gasteiger partial charge >= 0.3 is 0 Å². The van der Waals surface area contributed by atoms with Crippen molar-refractivity contribution < 1.29 is 0 Å². The Balaban J connectivity index is 2.05. The third kappa shape index (κ3) is 3.30. The van der Waals surface area contributed by atoms with E-state index in [2.05, 4.69) is 28.5 Å². The summed E-state index contributed by atoms with van der Waals surface area (Å²) in [7, 11) is 0. The summed E-state index contributed by atoms with van der Waals surface area (Å²) in [5, 5.41) is 5.45. The number of aryl methyl sites for hydroxylation is 2. The summed E-state index contributed by atoms with van der Waals surface area (Å²) in [4.78, 5) is 2.47. The molecule has 0 unspecified atom stereocenters. The van der Waals surface area contributed by atoms with Crippen molar-refractivity contribution in [2.45, 2.75) is 46.2 Å². The fourth-order valence-electron chi connectivity index (χ4n) is 2.76. The number of likely N-dealkylation sites (tertiary alicyclic amines) is 1. The molecule has 2 N–H and O–H groups in total. The van der Waals surface area contributed by atoms with Gasteiger partial charge in [0.2, 0.25) is 0 Å². The van der Waals surface area contributed by atoms with Crippen LogP contribution >= 0.6 is 11.6 Å². The molecule has 108 valence electrons. The quantitative estimate of drug-likeness (QED) is 0.902. The maximum absolute atomic E-state index is 6.45. The number of nitrogens with zero attached hydrogens (tertiary/aromatic N) is 3. The predicted octanol–water partition coefficient (Wildman–Crippen LogP) is 2.29. The lowest BCUT2D eigenvalue weighted by Gasteiger charge is -2.31. The Morgan fingerprint density at radius 1 is 1.32 bits per heavy atom. The highest BCUT2D eigenvalue weighted by molar-refractivity contribution is 6.31. The monoisotopic (exact) mass is 284 g/mol. The molecule has 1 fully saturated rings. The van der Waals surface area contributed by atoms with Gasteiger partial charge in [0, 0.05) is 13.1 Å². The smallest absolute Gasteiger partial charge is 0.0863 e. The second-order valence-corrected chi connectivity index (χ2v) is 5.71. The van der Waals surface area contributed by atoms with E-state index in [1.807, 2.05) is 0 Å². The van der Waals surface area contributed by atoms with E-state index in [-0.39, 0.29) is 0 Å². The molecule has 4 nitrogen and oxygen atoms in total. The molecule has 2 heterocycles. The standard InChI is InChI=1S/C14H25ClN4/c1-3-12-14(15)13(19(4-2)17-12)10-18-7-5-11(9-16)6-8-18/h11H,3-10,16H2,1-2H3. The van der Waals surface area contributed by atoms with Gasteiger partial charge in [0.05, 0.1) is 16.4 Å². The molecular weight excluding hydrogens is 260 g/mol. The fraction of sp³-hybridized carbons (Fsp3) is 0.786. The van der Waals surface area contributed by atoms with Crippen LogP contribution in [-0.4, -0.2) is 34.3 Å². The molecular formula is C14H25ClN4. The van der Waals surface area contributed by atoms with Crippen LogP contribution in [0.4, 0.5) is 0 Å². The summed E-state index contributed by atoms with van der Waals surface area (Å²) in [5.74, 6) is 0.703. The molecule has 1 aliphatic heterocycles. The first-order valence-corrected chi connectivity index (χ1v) is 7.73. The molecule has 1 saturated heterocycles. The van der Waals surface area contributed by atoms with E-state index in [4.69, 9.17) is 17.3 Å². The first-order chi connectivity index (χ1) is 9.19. The SMILES string of the molecule is CCc1nn(CC)c(CN2CCC(CN)CC2)c1Cl. The summed E-state index contributed by atoms with van der Waals surface area (Å²) in [6, 6.07) is 0. The van der Waals surface area contributed by atoms with Crippen LogP contribution in [0.5, 0.6) is 0 Å². The van der Waals surface area contributed by atoms with Crippen LogP contribution in [0.15, 0.2) is 0 Å². The van der Waals surface area contributed by atoms with E-state index in [9.17, 15) is 0 Å². The fourth-order valence-corrected chi connectivity index (χ4v) is 3.09. The van der Waals surface area contributed by atoms with E-state index in [0.29, 0.717) is 5.92 Å². The van der Waals surface area contributed by atoms with E-state index in [1.165, 1.54) is 18.5 Å². The lowest BCUT2D eigenvalue weighted by Crippen LogP contribution is -2.36. The normalized spacial score (nSPS) is 18.1. The Morgan fingerprint density at radius 2 is 2.00 bits per heavy atom. The molecule has 0 aliphatic carbocycles. The summed E-state index contributed by atoms with van der Waals surface area (Å²) in [6.45, 7) is 9.08. The average Bonchev–Trinajstić information content (AvgIpc) is 2.76. The van der Waals surface area contributed by atoms with Gasteiger partial charge in [-0.3, -0.25) is 9.58 Å². The van der Waals surface area contributed by atoms with E-state index in [1.54, 1.807) is 0 Å². The zero-order chi connectivity index (χ0) is 13.8. The highest BCUT2D eigenvalue weighted by Gasteiger charge is 2.21. The highest BCUT2D eigenvalue weighted by Crippen LogP contribution is 2.25.